The van der Waals surface area contributed by atoms with E-state index in [4.69, 9.17) is 25.8 Å². The third-order valence-corrected chi connectivity index (χ3v) is 4.29. The number of nitrogens with zero attached hydrogens (tertiary/aromatic N) is 1. The summed E-state index contributed by atoms with van der Waals surface area (Å²) in [5.41, 5.74) is 0.662. The minimum Gasteiger partial charge on any atom is -0.491 e. The Morgan fingerprint density at radius 3 is 2.62 bits per heavy atom. The monoisotopic (exact) mass is 381 g/mol. The second-order valence-electron chi connectivity index (χ2n) is 5.91. The Hall–Kier alpha value is -2.21. The van der Waals surface area contributed by atoms with Crippen LogP contribution in [0.3, 0.4) is 0 Å². The van der Waals surface area contributed by atoms with E-state index in [0.29, 0.717) is 28.7 Å². The fraction of sp³-hybridized carbons (Fsp3) is 0.474. The molecule has 7 heteroatoms. The lowest BCUT2D eigenvalue weighted by Crippen LogP contribution is -2.37. The van der Waals surface area contributed by atoms with Crippen LogP contribution in [-0.2, 0) is 14.3 Å². The molecule has 0 bridgehead atoms. The number of likely N-dealkylation sites (tertiary alicyclic amines) is 1. The summed E-state index contributed by atoms with van der Waals surface area (Å²) in [5.74, 6) is 0.191. The Balaban J connectivity index is 2.01. The zero-order chi connectivity index (χ0) is 19.1. The van der Waals surface area contributed by atoms with Crippen molar-refractivity contribution in [3.8, 4) is 11.5 Å². The highest BCUT2D eigenvalue weighted by molar-refractivity contribution is 6.32. The number of amides is 1. The number of hydrogen-bond donors (Lipinski definition) is 0. The van der Waals surface area contributed by atoms with E-state index in [-0.39, 0.29) is 5.91 Å². The van der Waals surface area contributed by atoms with Gasteiger partial charge in [0.2, 0.25) is 0 Å². The van der Waals surface area contributed by atoms with E-state index in [1.165, 1.54) is 13.2 Å². The summed E-state index contributed by atoms with van der Waals surface area (Å²) in [7, 11) is 1.51. The van der Waals surface area contributed by atoms with Crippen LogP contribution in [0.25, 0.3) is 6.08 Å². The molecule has 1 fully saturated rings. The van der Waals surface area contributed by atoms with Crippen LogP contribution in [-0.4, -0.2) is 49.7 Å². The van der Waals surface area contributed by atoms with Crippen molar-refractivity contribution in [2.24, 2.45) is 0 Å². The molecule has 6 nitrogen and oxygen atoms in total. The van der Waals surface area contributed by atoms with E-state index in [0.717, 1.165) is 25.9 Å². The van der Waals surface area contributed by atoms with Crippen LogP contribution >= 0.6 is 11.6 Å². The molecule has 0 saturated carbocycles. The molecule has 1 aliphatic rings. The highest BCUT2D eigenvalue weighted by atomic mass is 35.5. The van der Waals surface area contributed by atoms with Gasteiger partial charge >= 0.3 is 5.97 Å². The molecule has 1 unspecified atom stereocenters. The number of esters is 1. The topological polar surface area (TPSA) is 65.1 Å². The van der Waals surface area contributed by atoms with Gasteiger partial charge in [0.1, 0.15) is 0 Å². The van der Waals surface area contributed by atoms with Crippen molar-refractivity contribution in [3.05, 3.63) is 28.8 Å². The van der Waals surface area contributed by atoms with Gasteiger partial charge in [0.25, 0.3) is 5.91 Å². The van der Waals surface area contributed by atoms with Gasteiger partial charge in [0.15, 0.2) is 17.6 Å². The van der Waals surface area contributed by atoms with Gasteiger partial charge in [0, 0.05) is 19.2 Å². The first-order valence-electron chi connectivity index (χ1n) is 8.64. The van der Waals surface area contributed by atoms with Crippen LogP contribution in [0.15, 0.2) is 18.2 Å². The molecule has 2 rings (SSSR count). The van der Waals surface area contributed by atoms with Gasteiger partial charge in [-0.15, -0.1) is 0 Å². The lowest BCUT2D eigenvalue weighted by Gasteiger charge is -2.19. The molecule has 1 aromatic rings. The SMILES string of the molecule is CCOc1cc(/C=C/C(=O)OC(C)C(=O)N2CCCC2)cc(Cl)c1OC. The highest BCUT2D eigenvalue weighted by Crippen LogP contribution is 2.36. The Morgan fingerprint density at radius 2 is 2.00 bits per heavy atom. The Bertz CT molecular complexity index is 683. The van der Waals surface area contributed by atoms with Crippen molar-refractivity contribution in [2.45, 2.75) is 32.8 Å². The Labute approximate surface area is 158 Å². The lowest BCUT2D eigenvalue weighted by molar-refractivity contribution is -0.154. The molecule has 26 heavy (non-hydrogen) atoms. The van der Waals surface area contributed by atoms with Crippen LogP contribution in [0.4, 0.5) is 0 Å². The molecule has 0 N–H and O–H groups in total. The van der Waals surface area contributed by atoms with Crippen molar-refractivity contribution in [2.75, 3.05) is 26.8 Å². The molecule has 0 radical (unpaired) electrons. The van der Waals surface area contributed by atoms with Crippen molar-refractivity contribution in [3.63, 3.8) is 0 Å². The molecule has 1 aromatic carbocycles. The van der Waals surface area contributed by atoms with Gasteiger partial charge in [0.05, 0.1) is 18.7 Å². The van der Waals surface area contributed by atoms with Crippen LogP contribution in [0.1, 0.15) is 32.3 Å². The van der Waals surface area contributed by atoms with E-state index in [1.807, 2.05) is 6.92 Å². The summed E-state index contributed by atoms with van der Waals surface area (Å²) in [6, 6.07) is 3.38. The van der Waals surface area contributed by atoms with E-state index in [2.05, 4.69) is 0 Å². The smallest absolute Gasteiger partial charge is 0.331 e. The molecule has 0 aliphatic carbocycles. The first-order valence-corrected chi connectivity index (χ1v) is 9.01. The van der Waals surface area contributed by atoms with Crippen LogP contribution in [0, 0.1) is 0 Å². The van der Waals surface area contributed by atoms with Crippen LogP contribution in [0.5, 0.6) is 11.5 Å². The predicted octanol–water partition coefficient (Wildman–Crippen LogP) is 3.31. The molecular weight excluding hydrogens is 358 g/mol. The number of ether oxygens (including phenoxy) is 3. The fourth-order valence-corrected chi connectivity index (χ4v) is 3.06. The number of halogens is 1. The summed E-state index contributed by atoms with van der Waals surface area (Å²) >= 11 is 6.18. The summed E-state index contributed by atoms with van der Waals surface area (Å²) in [5, 5.41) is 0.379. The number of benzene rings is 1. The van der Waals surface area contributed by atoms with Gasteiger partial charge in [-0.05, 0) is 50.5 Å². The molecular formula is C19H24ClNO5. The highest BCUT2D eigenvalue weighted by Gasteiger charge is 2.25. The second-order valence-corrected chi connectivity index (χ2v) is 6.32. The van der Waals surface area contributed by atoms with E-state index in [1.54, 1.807) is 30.0 Å². The zero-order valence-corrected chi connectivity index (χ0v) is 16.0. The fourth-order valence-electron chi connectivity index (χ4n) is 2.77. The number of rotatable bonds is 7. The Morgan fingerprint density at radius 1 is 1.31 bits per heavy atom. The molecule has 1 aliphatic heterocycles. The molecule has 142 valence electrons. The first kappa shape index (κ1) is 20.1. The van der Waals surface area contributed by atoms with Gasteiger partial charge < -0.3 is 19.1 Å². The van der Waals surface area contributed by atoms with Gasteiger partial charge in [-0.25, -0.2) is 4.79 Å². The Kier molecular flexibility index (Phi) is 7.33. The second kappa shape index (κ2) is 9.48. The summed E-state index contributed by atoms with van der Waals surface area (Å²) in [4.78, 5) is 25.9. The first-order chi connectivity index (χ1) is 12.5. The molecule has 1 saturated heterocycles. The maximum Gasteiger partial charge on any atom is 0.331 e. The normalized spacial score (nSPS) is 15.2. The number of methoxy groups -OCH3 is 1. The van der Waals surface area contributed by atoms with Crippen LogP contribution in [0.2, 0.25) is 5.02 Å². The minimum atomic E-state index is -0.802. The van der Waals surface area contributed by atoms with Crippen molar-refractivity contribution in [1.29, 1.82) is 0 Å². The quantitative estimate of drug-likeness (QED) is 0.535. The van der Waals surface area contributed by atoms with E-state index >= 15 is 0 Å². The van der Waals surface area contributed by atoms with Crippen molar-refractivity contribution >= 4 is 29.6 Å². The standard InChI is InChI=1S/C19H24ClNO5/c1-4-25-16-12-14(11-15(20)18(16)24-3)7-8-17(22)26-13(2)19(23)21-9-5-6-10-21/h7-8,11-13H,4-6,9-10H2,1-3H3/b8-7+. The van der Waals surface area contributed by atoms with Gasteiger partial charge in [-0.2, -0.15) is 0 Å². The van der Waals surface area contributed by atoms with Crippen molar-refractivity contribution < 1.29 is 23.8 Å². The molecule has 0 aromatic heterocycles. The number of carbonyl (C=O) groups is 2. The van der Waals surface area contributed by atoms with E-state index < -0.39 is 12.1 Å². The third-order valence-electron chi connectivity index (χ3n) is 4.01. The van der Waals surface area contributed by atoms with Gasteiger partial charge in [-0.3, -0.25) is 4.79 Å². The maximum absolute atomic E-state index is 12.2. The maximum atomic E-state index is 12.2. The average molecular weight is 382 g/mol. The summed E-state index contributed by atoms with van der Waals surface area (Å²) in [6.07, 6.45) is 4.01. The summed E-state index contributed by atoms with van der Waals surface area (Å²) in [6.45, 7) is 5.34. The zero-order valence-electron chi connectivity index (χ0n) is 15.3. The largest absolute Gasteiger partial charge is 0.491 e. The van der Waals surface area contributed by atoms with Gasteiger partial charge in [-0.1, -0.05) is 11.6 Å². The molecule has 1 atom stereocenters. The predicted molar refractivity (Wildman–Crippen MR) is 99.6 cm³/mol. The third kappa shape index (κ3) is 5.14. The molecule has 1 heterocycles. The van der Waals surface area contributed by atoms with E-state index in [9.17, 15) is 9.59 Å². The molecule has 0 spiro atoms. The van der Waals surface area contributed by atoms with Crippen LogP contribution < -0.4 is 9.47 Å². The lowest BCUT2D eigenvalue weighted by atomic mass is 10.2. The number of hydrogen-bond acceptors (Lipinski definition) is 5. The average Bonchev–Trinajstić information content (AvgIpc) is 3.14. The summed E-state index contributed by atoms with van der Waals surface area (Å²) < 4.78 is 15.9. The minimum absolute atomic E-state index is 0.157. The van der Waals surface area contributed by atoms with Crippen molar-refractivity contribution in [1.82, 2.24) is 4.90 Å². The molecule has 1 amide bonds. The number of carbonyl (C=O) groups excluding carboxylic acids is 2.